The van der Waals surface area contributed by atoms with E-state index in [1.54, 1.807) is 0 Å². The van der Waals surface area contributed by atoms with Gasteiger partial charge in [0.15, 0.2) is 0 Å². The predicted molar refractivity (Wildman–Crippen MR) is 78.5 cm³/mol. The average molecular weight is 284 g/mol. The summed E-state index contributed by atoms with van der Waals surface area (Å²) < 4.78 is 0. The lowest BCUT2D eigenvalue weighted by Crippen LogP contribution is -2.42. The molecule has 1 amide bonds. The van der Waals surface area contributed by atoms with Gasteiger partial charge in [-0.2, -0.15) is 0 Å². The Hall–Kier alpha value is -1.10. The minimum atomic E-state index is -0.824. The Morgan fingerprint density at radius 2 is 1.80 bits per heavy atom. The van der Waals surface area contributed by atoms with E-state index in [-0.39, 0.29) is 17.7 Å². The number of amides is 1. The molecule has 0 aromatic rings. The SMILES string of the molecule is CN(C)CC(C)(C)CNC(=O)CC1(C(=O)O)CCCC1. The Balaban J connectivity index is 2.49. The molecule has 116 valence electrons. The number of rotatable bonds is 7. The molecule has 0 aliphatic heterocycles. The maximum atomic E-state index is 12.1. The molecular weight excluding hydrogens is 256 g/mol. The average Bonchev–Trinajstić information content (AvgIpc) is 2.75. The highest BCUT2D eigenvalue weighted by Gasteiger charge is 2.43. The van der Waals surface area contributed by atoms with Crippen molar-refractivity contribution >= 4 is 11.9 Å². The van der Waals surface area contributed by atoms with E-state index in [2.05, 4.69) is 24.1 Å². The van der Waals surface area contributed by atoms with Gasteiger partial charge in [0.05, 0.1) is 5.41 Å². The van der Waals surface area contributed by atoms with Gasteiger partial charge in [-0.1, -0.05) is 26.7 Å². The standard InChI is InChI=1S/C15H28N2O3/c1-14(2,11-17(3)4)10-16-12(18)9-15(13(19)20)7-5-6-8-15/h5-11H2,1-4H3,(H,16,18)(H,19,20). The van der Waals surface area contributed by atoms with Gasteiger partial charge in [-0.25, -0.2) is 0 Å². The monoisotopic (exact) mass is 284 g/mol. The van der Waals surface area contributed by atoms with Gasteiger partial charge < -0.3 is 15.3 Å². The molecule has 1 rings (SSSR count). The molecule has 0 atom stereocenters. The second-order valence-corrected chi connectivity index (χ2v) is 7.15. The largest absolute Gasteiger partial charge is 0.481 e. The summed E-state index contributed by atoms with van der Waals surface area (Å²) in [5.74, 6) is -0.959. The number of nitrogens with zero attached hydrogens (tertiary/aromatic N) is 1. The van der Waals surface area contributed by atoms with Crippen LogP contribution in [0.3, 0.4) is 0 Å². The van der Waals surface area contributed by atoms with Crippen LogP contribution in [-0.4, -0.2) is 49.1 Å². The quantitative estimate of drug-likeness (QED) is 0.747. The Morgan fingerprint density at radius 1 is 1.25 bits per heavy atom. The fourth-order valence-corrected chi connectivity index (χ4v) is 3.14. The Kier molecular flexibility index (Phi) is 5.57. The van der Waals surface area contributed by atoms with Crippen molar-refractivity contribution in [2.45, 2.75) is 46.0 Å². The van der Waals surface area contributed by atoms with Crippen molar-refractivity contribution in [1.29, 1.82) is 0 Å². The number of carboxylic acid groups (broad SMARTS) is 1. The Labute approximate surface area is 121 Å². The van der Waals surface area contributed by atoms with Gasteiger partial charge in [0, 0.05) is 19.5 Å². The molecule has 1 aliphatic carbocycles. The molecule has 1 fully saturated rings. The number of carboxylic acids is 1. The Morgan fingerprint density at radius 3 is 2.25 bits per heavy atom. The van der Waals surface area contributed by atoms with Crippen molar-refractivity contribution in [2.75, 3.05) is 27.2 Å². The van der Waals surface area contributed by atoms with Crippen molar-refractivity contribution in [3.63, 3.8) is 0 Å². The summed E-state index contributed by atoms with van der Waals surface area (Å²) in [7, 11) is 4.00. The molecule has 0 heterocycles. The summed E-state index contributed by atoms with van der Waals surface area (Å²) in [6.45, 7) is 5.63. The summed E-state index contributed by atoms with van der Waals surface area (Å²) in [6, 6.07) is 0. The number of hydrogen-bond acceptors (Lipinski definition) is 3. The lowest BCUT2D eigenvalue weighted by molar-refractivity contribution is -0.151. The van der Waals surface area contributed by atoms with Gasteiger partial charge in [0.2, 0.25) is 5.91 Å². The maximum absolute atomic E-state index is 12.1. The molecule has 5 nitrogen and oxygen atoms in total. The fraction of sp³-hybridized carbons (Fsp3) is 0.867. The molecule has 2 N–H and O–H groups in total. The van der Waals surface area contributed by atoms with Gasteiger partial charge >= 0.3 is 5.97 Å². The minimum absolute atomic E-state index is 0.0226. The van der Waals surface area contributed by atoms with Crippen LogP contribution in [0.2, 0.25) is 0 Å². The van der Waals surface area contributed by atoms with Crippen LogP contribution in [0.1, 0.15) is 46.0 Å². The van der Waals surface area contributed by atoms with Crippen molar-refractivity contribution in [3.05, 3.63) is 0 Å². The number of carbonyl (C=O) groups excluding carboxylic acids is 1. The molecule has 1 saturated carbocycles. The van der Waals surface area contributed by atoms with Crippen LogP contribution in [0.5, 0.6) is 0 Å². The summed E-state index contributed by atoms with van der Waals surface area (Å²) in [4.78, 5) is 25.6. The minimum Gasteiger partial charge on any atom is -0.481 e. The molecule has 0 bridgehead atoms. The van der Waals surface area contributed by atoms with Crippen molar-refractivity contribution in [1.82, 2.24) is 10.2 Å². The number of aliphatic carboxylic acids is 1. The lowest BCUT2D eigenvalue weighted by Gasteiger charge is -2.29. The molecule has 0 spiro atoms. The topological polar surface area (TPSA) is 69.6 Å². The summed E-state index contributed by atoms with van der Waals surface area (Å²) >= 11 is 0. The van der Waals surface area contributed by atoms with E-state index < -0.39 is 11.4 Å². The van der Waals surface area contributed by atoms with Crippen LogP contribution in [0.25, 0.3) is 0 Å². The third kappa shape index (κ3) is 4.78. The van der Waals surface area contributed by atoms with Gasteiger partial charge in [-0.05, 0) is 32.4 Å². The van der Waals surface area contributed by atoms with Gasteiger partial charge in [-0.15, -0.1) is 0 Å². The summed E-state index contributed by atoms with van der Waals surface area (Å²) in [5.41, 5.74) is -0.846. The lowest BCUT2D eigenvalue weighted by atomic mass is 9.82. The first-order chi connectivity index (χ1) is 9.17. The van der Waals surface area contributed by atoms with Crippen molar-refractivity contribution < 1.29 is 14.7 Å². The van der Waals surface area contributed by atoms with Crippen LogP contribution < -0.4 is 5.32 Å². The van der Waals surface area contributed by atoms with E-state index in [1.807, 2.05) is 14.1 Å². The van der Waals surface area contributed by atoms with Crippen LogP contribution in [0.4, 0.5) is 0 Å². The van der Waals surface area contributed by atoms with Crippen LogP contribution >= 0.6 is 0 Å². The van der Waals surface area contributed by atoms with Crippen LogP contribution in [0, 0.1) is 10.8 Å². The van der Waals surface area contributed by atoms with E-state index in [9.17, 15) is 14.7 Å². The van der Waals surface area contributed by atoms with Crippen LogP contribution in [-0.2, 0) is 9.59 Å². The van der Waals surface area contributed by atoms with E-state index in [4.69, 9.17) is 0 Å². The first-order valence-electron chi connectivity index (χ1n) is 7.32. The second-order valence-electron chi connectivity index (χ2n) is 7.15. The zero-order valence-corrected chi connectivity index (χ0v) is 13.2. The third-order valence-corrected chi connectivity index (χ3v) is 4.02. The number of nitrogens with one attached hydrogen (secondary N) is 1. The zero-order chi connectivity index (χ0) is 15.4. The fourth-order valence-electron chi connectivity index (χ4n) is 3.14. The molecule has 20 heavy (non-hydrogen) atoms. The molecule has 0 unspecified atom stereocenters. The highest BCUT2D eigenvalue weighted by molar-refractivity contribution is 5.85. The molecule has 0 aromatic carbocycles. The number of hydrogen-bond donors (Lipinski definition) is 2. The highest BCUT2D eigenvalue weighted by atomic mass is 16.4. The normalized spacial score (nSPS) is 18.2. The molecule has 0 saturated heterocycles. The first kappa shape index (κ1) is 17.0. The summed E-state index contributed by atoms with van der Waals surface area (Å²) in [5, 5.41) is 12.3. The first-order valence-corrected chi connectivity index (χ1v) is 7.32. The predicted octanol–water partition coefficient (Wildman–Crippen LogP) is 1.73. The van der Waals surface area contributed by atoms with Crippen LogP contribution in [0.15, 0.2) is 0 Å². The molecule has 0 aromatic heterocycles. The van der Waals surface area contributed by atoms with Gasteiger partial charge in [0.25, 0.3) is 0 Å². The van der Waals surface area contributed by atoms with E-state index in [0.717, 1.165) is 19.4 Å². The molecule has 1 aliphatic rings. The molecule has 5 heteroatoms. The van der Waals surface area contributed by atoms with Crippen molar-refractivity contribution in [3.8, 4) is 0 Å². The maximum Gasteiger partial charge on any atom is 0.310 e. The van der Waals surface area contributed by atoms with Gasteiger partial charge in [-0.3, -0.25) is 9.59 Å². The zero-order valence-electron chi connectivity index (χ0n) is 13.2. The highest BCUT2D eigenvalue weighted by Crippen LogP contribution is 2.41. The smallest absolute Gasteiger partial charge is 0.310 e. The van der Waals surface area contributed by atoms with Gasteiger partial charge in [0.1, 0.15) is 0 Å². The number of carbonyl (C=O) groups is 2. The molecule has 0 radical (unpaired) electrons. The van der Waals surface area contributed by atoms with E-state index in [0.29, 0.717) is 19.4 Å². The van der Waals surface area contributed by atoms with E-state index in [1.165, 1.54) is 0 Å². The summed E-state index contributed by atoms with van der Waals surface area (Å²) in [6.07, 6.45) is 3.17. The molecular formula is C15H28N2O3. The van der Waals surface area contributed by atoms with Crippen molar-refractivity contribution in [2.24, 2.45) is 10.8 Å². The third-order valence-electron chi connectivity index (χ3n) is 4.02. The second kappa shape index (κ2) is 6.57. The van der Waals surface area contributed by atoms with E-state index >= 15 is 0 Å². The Bertz CT molecular complexity index is 358.